The molecule has 3 unspecified atom stereocenters. The second kappa shape index (κ2) is 6.21. The summed E-state index contributed by atoms with van der Waals surface area (Å²) in [7, 11) is 0. The van der Waals surface area contributed by atoms with Crippen molar-refractivity contribution in [1.82, 2.24) is 5.32 Å². The molecule has 1 heterocycles. The predicted molar refractivity (Wildman–Crippen MR) is 67.9 cm³/mol. The van der Waals surface area contributed by atoms with Crippen LogP contribution in [0, 0.1) is 11.8 Å². The number of carbonyl (C=O) groups is 2. The van der Waals surface area contributed by atoms with Gasteiger partial charge in [-0.1, -0.05) is 6.42 Å². The number of esters is 1. The lowest BCUT2D eigenvalue weighted by Gasteiger charge is -2.41. The van der Waals surface area contributed by atoms with Crippen LogP contribution in [-0.4, -0.2) is 24.5 Å². The third kappa shape index (κ3) is 3.24. The quantitative estimate of drug-likeness (QED) is 0.780. The maximum atomic E-state index is 11.5. The number of hydrogen-bond acceptors (Lipinski definition) is 3. The van der Waals surface area contributed by atoms with E-state index in [-0.39, 0.29) is 11.9 Å². The highest BCUT2D eigenvalue weighted by Crippen LogP contribution is 2.36. The van der Waals surface area contributed by atoms with Crippen LogP contribution in [0.15, 0.2) is 0 Å². The zero-order valence-electron chi connectivity index (χ0n) is 11.1. The van der Waals surface area contributed by atoms with Crippen LogP contribution >= 0.6 is 0 Å². The number of ether oxygens (including phenoxy) is 1. The number of piperidine rings is 1. The lowest BCUT2D eigenvalue weighted by molar-refractivity contribution is -0.143. The van der Waals surface area contributed by atoms with Crippen LogP contribution in [-0.2, 0) is 14.3 Å². The highest BCUT2D eigenvalue weighted by molar-refractivity contribution is 5.77. The molecule has 0 aromatic carbocycles. The minimum Gasteiger partial charge on any atom is -0.466 e. The first-order valence-electron chi connectivity index (χ1n) is 7.15. The van der Waals surface area contributed by atoms with Gasteiger partial charge in [0.05, 0.1) is 6.61 Å². The van der Waals surface area contributed by atoms with Gasteiger partial charge in [0.15, 0.2) is 0 Å². The Morgan fingerprint density at radius 3 is 3.00 bits per heavy atom. The van der Waals surface area contributed by atoms with E-state index >= 15 is 0 Å². The minimum absolute atomic E-state index is 0.109. The first-order chi connectivity index (χ1) is 8.70. The van der Waals surface area contributed by atoms with Gasteiger partial charge in [-0.05, 0) is 44.4 Å². The van der Waals surface area contributed by atoms with Crippen molar-refractivity contribution >= 4 is 11.9 Å². The van der Waals surface area contributed by atoms with E-state index < -0.39 is 0 Å². The van der Waals surface area contributed by atoms with Crippen molar-refractivity contribution in [3.63, 3.8) is 0 Å². The van der Waals surface area contributed by atoms with Crippen LogP contribution < -0.4 is 5.32 Å². The fourth-order valence-electron chi connectivity index (χ4n) is 3.38. The van der Waals surface area contributed by atoms with Crippen molar-refractivity contribution in [3.8, 4) is 0 Å². The summed E-state index contributed by atoms with van der Waals surface area (Å²) in [6.45, 7) is 2.28. The van der Waals surface area contributed by atoms with Gasteiger partial charge in [0.25, 0.3) is 0 Å². The highest BCUT2D eigenvalue weighted by Gasteiger charge is 2.37. The van der Waals surface area contributed by atoms with Crippen LogP contribution in [0.1, 0.15) is 51.9 Å². The largest absolute Gasteiger partial charge is 0.466 e. The number of nitrogens with one attached hydrogen (secondary N) is 1. The molecule has 0 aromatic rings. The summed E-state index contributed by atoms with van der Waals surface area (Å²) >= 11 is 0. The van der Waals surface area contributed by atoms with Crippen molar-refractivity contribution in [3.05, 3.63) is 0 Å². The normalized spacial score (nSPS) is 31.4. The first-order valence-corrected chi connectivity index (χ1v) is 7.15. The maximum Gasteiger partial charge on any atom is 0.305 e. The Morgan fingerprint density at radius 1 is 1.39 bits per heavy atom. The highest BCUT2D eigenvalue weighted by atomic mass is 16.5. The Kier molecular flexibility index (Phi) is 4.61. The molecule has 4 nitrogen and oxygen atoms in total. The minimum atomic E-state index is -0.109. The standard InChI is InChI=1S/C14H23NO3/c1-2-18-13(17)9-7-11-5-3-4-10-6-8-12(16)15-14(10)11/h10-11,14H,2-9H2,1H3,(H,15,16). The zero-order chi connectivity index (χ0) is 13.0. The predicted octanol–water partition coefficient (Wildman–Crippen LogP) is 2.02. The Hall–Kier alpha value is -1.06. The van der Waals surface area contributed by atoms with Gasteiger partial charge in [-0.15, -0.1) is 0 Å². The second-order valence-corrected chi connectivity index (χ2v) is 5.43. The lowest BCUT2D eigenvalue weighted by Crippen LogP contribution is -2.51. The van der Waals surface area contributed by atoms with Crippen molar-refractivity contribution in [2.45, 2.75) is 57.9 Å². The molecule has 1 saturated carbocycles. The number of fused-ring (bicyclic) bond motifs is 1. The van der Waals surface area contributed by atoms with Gasteiger partial charge >= 0.3 is 5.97 Å². The summed E-state index contributed by atoms with van der Waals surface area (Å²) in [6.07, 6.45) is 6.60. The van der Waals surface area contributed by atoms with Crippen LogP contribution in [0.5, 0.6) is 0 Å². The van der Waals surface area contributed by atoms with Gasteiger partial charge in [0.2, 0.25) is 5.91 Å². The van der Waals surface area contributed by atoms with E-state index in [1.54, 1.807) is 0 Å². The molecule has 0 spiro atoms. The van der Waals surface area contributed by atoms with Gasteiger partial charge in [0, 0.05) is 18.9 Å². The van der Waals surface area contributed by atoms with Crippen molar-refractivity contribution in [2.24, 2.45) is 11.8 Å². The fourth-order valence-corrected chi connectivity index (χ4v) is 3.38. The molecule has 1 saturated heterocycles. The van der Waals surface area contributed by atoms with Gasteiger partial charge < -0.3 is 10.1 Å². The molecule has 2 aliphatic rings. The molecule has 2 fully saturated rings. The molecular formula is C14H23NO3. The molecule has 1 N–H and O–H groups in total. The van der Waals surface area contributed by atoms with Crippen LogP contribution in [0.3, 0.4) is 0 Å². The van der Waals surface area contributed by atoms with Crippen molar-refractivity contribution in [2.75, 3.05) is 6.61 Å². The van der Waals surface area contributed by atoms with Gasteiger partial charge in [0.1, 0.15) is 0 Å². The van der Waals surface area contributed by atoms with Gasteiger partial charge in [-0.3, -0.25) is 9.59 Å². The summed E-state index contributed by atoms with van der Waals surface area (Å²) in [5.41, 5.74) is 0. The summed E-state index contributed by atoms with van der Waals surface area (Å²) < 4.78 is 4.96. The van der Waals surface area contributed by atoms with Crippen LogP contribution in [0.4, 0.5) is 0 Å². The van der Waals surface area contributed by atoms with E-state index in [0.717, 1.165) is 19.3 Å². The van der Waals surface area contributed by atoms with Crippen LogP contribution in [0.2, 0.25) is 0 Å². The molecule has 0 aromatic heterocycles. The Balaban J connectivity index is 1.86. The molecule has 0 radical (unpaired) electrons. The van der Waals surface area contributed by atoms with E-state index in [1.807, 2.05) is 6.92 Å². The third-order valence-corrected chi connectivity index (χ3v) is 4.26. The second-order valence-electron chi connectivity index (χ2n) is 5.43. The Bertz CT molecular complexity index is 316. The van der Waals surface area contributed by atoms with Crippen molar-refractivity contribution in [1.29, 1.82) is 0 Å². The number of hydrogen-bond donors (Lipinski definition) is 1. The van der Waals surface area contributed by atoms with Gasteiger partial charge in [-0.25, -0.2) is 0 Å². The summed E-state index contributed by atoms with van der Waals surface area (Å²) in [4.78, 5) is 22.9. The Morgan fingerprint density at radius 2 is 2.22 bits per heavy atom. The number of amides is 1. The molecule has 1 aliphatic carbocycles. The van der Waals surface area contributed by atoms with Gasteiger partial charge in [-0.2, -0.15) is 0 Å². The molecule has 0 bridgehead atoms. The lowest BCUT2D eigenvalue weighted by atomic mass is 9.71. The number of rotatable bonds is 4. The molecule has 1 amide bonds. The summed E-state index contributed by atoms with van der Waals surface area (Å²) in [6, 6.07) is 0.300. The summed E-state index contributed by atoms with van der Waals surface area (Å²) in [5.74, 6) is 1.15. The average molecular weight is 253 g/mol. The van der Waals surface area contributed by atoms with E-state index in [0.29, 0.717) is 37.3 Å². The van der Waals surface area contributed by atoms with E-state index in [2.05, 4.69) is 5.32 Å². The zero-order valence-corrected chi connectivity index (χ0v) is 11.1. The number of carbonyl (C=O) groups excluding carboxylic acids is 2. The smallest absolute Gasteiger partial charge is 0.305 e. The average Bonchev–Trinajstić information content (AvgIpc) is 2.36. The molecule has 4 heteroatoms. The first kappa shape index (κ1) is 13.4. The topological polar surface area (TPSA) is 55.4 Å². The van der Waals surface area contributed by atoms with E-state index in [9.17, 15) is 9.59 Å². The summed E-state index contributed by atoms with van der Waals surface area (Å²) in [5, 5.41) is 3.13. The third-order valence-electron chi connectivity index (χ3n) is 4.26. The molecule has 18 heavy (non-hydrogen) atoms. The molecule has 2 rings (SSSR count). The SMILES string of the molecule is CCOC(=O)CCC1CCCC2CCC(=O)NC21. The van der Waals surface area contributed by atoms with Crippen molar-refractivity contribution < 1.29 is 14.3 Å². The maximum absolute atomic E-state index is 11.5. The molecule has 1 aliphatic heterocycles. The Labute approximate surface area is 108 Å². The molecular weight excluding hydrogens is 230 g/mol. The van der Waals surface area contributed by atoms with Crippen LogP contribution in [0.25, 0.3) is 0 Å². The van der Waals surface area contributed by atoms with E-state index in [4.69, 9.17) is 4.74 Å². The molecule has 3 atom stereocenters. The van der Waals surface area contributed by atoms with E-state index in [1.165, 1.54) is 12.8 Å². The molecule has 102 valence electrons. The fraction of sp³-hybridized carbons (Fsp3) is 0.857. The monoisotopic (exact) mass is 253 g/mol.